The van der Waals surface area contributed by atoms with Crippen LogP contribution < -0.4 is 10.2 Å². The van der Waals surface area contributed by atoms with E-state index in [9.17, 15) is 18.8 Å². The Morgan fingerprint density at radius 3 is 2.39 bits per heavy atom. The van der Waals surface area contributed by atoms with E-state index >= 15 is 0 Å². The summed E-state index contributed by atoms with van der Waals surface area (Å²) in [5.74, 6) is -1.02. The van der Waals surface area contributed by atoms with Crippen LogP contribution >= 0.6 is 0 Å². The third-order valence-corrected chi connectivity index (χ3v) is 6.13. The van der Waals surface area contributed by atoms with Gasteiger partial charge in [0.15, 0.2) is 0 Å². The summed E-state index contributed by atoms with van der Waals surface area (Å²) in [6.45, 7) is 2.00. The number of halogens is 1. The minimum Gasteiger partial charge on any atom is -0.356 e. The molecule has 31 heavy (non-hydrogen) atoms. The lowest BCUT2D eigenvalue weighted by atomic mass is 9.95. The summed E-state index contributed by atoms with van der Waals surface area (Å²) >= 11 is 0. The first-order valence-corrected chi connectivity index (χ1v) is 10.7. The van der Waals surface area contributed by atoms with Gasteiger partial charge >= 0.3 is 0 Å². The van der Waals surface area contributed by atoms with Crippen molar-refractivity contribution in [1.29, 1.82) is 0 Å². The zero-order valence-electron chi connectivity index (χ0n) is 17.3. The molecule has 2 heterocycles. The third-order valence-electron chi connectivity index (χ3n) is 6.13. The number of rotatable bonds is 5. The molecule has 1 N–H and O–H groups in total. The van der Waals surface area contributed by atoms with Gasteiger partial charge in [-0.1, -0.05) is 30.3 Å². The number of piperidine rings is 1. The zero-order chi connectivity index (χ0) is 21.8. The highest BCUT2D eigenvalue weighted by molar-refractivity contribution is 6.00. The maximum absolute atomic E-state index is 13.9. The van der Waals surface area contributed by atoms with E-state index in [1.807, 2.05) is 30.3 Å². The van der Waals surface area contributed by atoms with Gasteiger partial charge in [0.05, 0.1) is 11.5 Å². The average Bonchev–Trinajstić information content (AvgIpc) is 3.20. The van der Waals surface area contributed by atoms with Crippen LogP contribution in [-0.4, -0.2) is 48.8 Å². The van der Waals surface area contributed by atoms with Crippen LogP contribution in [0.4, 0.5) is 10.1 Å². The lowest BCUT2D eigenvalue weighted by Gasteiger charge is -2.32. The van der Waals surface area contributed by atoms with Crippen LogP contribution in [0.2, 0.25) is 0 Å². The molecule has 2 saturated heterocycles. The van der Waals surface area contributed by atoms with Crippen molar-refractivity contribution < 1.29 is 18.8 Å². The summed E-state index contributed by atoms with van der Waals surface area (Å²) < 4.78 is 13.9. The van der Waals surface area contributed by atoms with Gasteiger partial charge < -0.3 is 15.1 Å². The van der Waals surface area contributed by atoms with Crippen molar-refractivity contribution in [3.05, 3.63) is 66.0 Å². The van der Waals surface area contributed by atoms with E-state index in [0.717, 1.165) is 18.5 Å². The Morgan fingerprint density at radius 1 is 1.00 bits per heavy atom. The Labute approximate surface area is 181 Å². The van der Waals surface area contributed by atoms with E-state index in [1.165, 1.54) is 12.1 Å². The molecular formula is C24H26FN3O3. The smallest absolute Gasteiger partial charge is 0.256 e. The zero-order valence-corrected chi connectivity index (χ0v) is 17.3. The van der Waals surface area contributed by atoms with Crippen LogP contribution in [0.5, 0.6) is 0 Å². The van der Waals surface area contributed by atoms with E-state index in [1.54, 1.807) is 21.9 Å². The molecule has 6 nitrogen and oxygen atoms in total. The Morgan fingerprint density at radius 2 is 1.68 bits per heavy atom. The molecule has 0 aromatic heterocycles. The van der Waals surface area contributed by atoms with Crippen molar-refractivity contribution in [2.45, 2.75) is 19.3 Å². The molecule has 4 rings (SSSR count). The van der Waals surface area contributed by atoms with Crippen molar-refractivity contribution in [3.8, 4) is 0 Å². The predicted molar refractivity (Wildman–Crippen MR) is 115 cm³/mol. The lowest BCUT2D eigenvalue weighted by Crippen LogP contribution is -2.42. The van der Waals surface area contributed by atoms with Crippen LogP contribution in [0.1, 0.15) is 29.6 Å². The summed E-state index contributed by atoms with van der Waals surface area (Å²) in [6.07, 6.45) is 1.72. The first kappa shape index (κ1) is 21.0. The maximum atomic E-state index is 13.9. The van der Waals surface area contributed by atoms with E-state index in [0.29, 0.717) is 26.2 Å². The van der Waals surface area contributed by atoms with Gasteiger partial charge in [-0.2, -0.15) is 0 Å². The summed E-state index contributed by atoms with van der Waals surface area (Å²) in [4.78, 5) is 40.8. The minimum absolute atomic E-state index is 0.0358. The molecule has 1 atom stereocenters. The molecule has 2 aliphatic heterocycles. The Kier molecular flexibility index (Phi) is 6.30. The van der Waals surface area contributed by atoms with Crippen LogP contribution in [0.15, 0.2) is 54.6 Å². The highest BCUT2D eigenvalue weighted by atomic mass is 19.1. The highest BCUT2D eigenvalue weighted by Gasteiger charge is 2.35. The van der Waals surface area contributed by atoms with Gasteiger partial charge in [-0.3, -0.25) is 14.4 Å². The predicted octanol–water partition coefficient (Wildman–Crippen LogP) is 2.85. The van der Waals surface area contributed by atoms with Crippen molar-refractivity contribution >= 4 is 23.4 Å². The molecule has 7 heteroatoms. The normalized spacial score (nSPS) is 19.5. The van der Waals surface area contributed by atoms with Crippen LogP contribution in [0.25, 0.3) is 0 Å². The number of nitrogens with one attached hydrogen (secondary N) is 1. The second kappa shape index (κ2) is 9.29. The molecule has 0 aliphatic carbocycles. The number of benzene rings is 2. The minimum atomic E-state index is -0.502. The molecule has 2 aromatic carbocycles. The Bertz CT molecular complexity index is 958. The van der Waals surface area contributed by atoms with Gasteiger partial charge in [0.25, 0.3) is 5.91 Å². The Balaban J connectivity index is 1.24. The highest BCUT2D eigenvalue weighted by Crippen LogP contribution is 2.25. The number of amides is 3. The standard InChI is InChI=1S/C24H26FN3O3/c25-21-9-5-4-8-20(21)24(31)27-12-10-17(11-13-27)15-26-23(30)18-14-22(29)28(16-18)19-6-2-1-3-7-19/h1-9,17-18H,10-16H2,(H,26,30). The van der Waals surface area contributed by atoms with Crippen molar-refractivity contribution in [2.75, 3.05) is 31.1 Å². The largest absolute Gasteiger partial charge is 0.356 e. The molecule has 0 bridgehead atoms. The number of carbonyl (C=O) groups is 3. The quantitative estimate of drug-likeness (QED) is 0.804. The van der Waals surface area contributed by atoms with E-state index in [2.05, 4.69) is 5.32 Å². The fourth-order valence-electron chi connectivity index (χ4n) is 4.28. The van der Waals surface area contributed by atoms with Crippen molar-refractivity contribution in [3.63, 3.8) is 0 Å². The lowest BCUT2D eigenvalue weighted by molar-refractivity contribution is -0.126. The number of hydrogen-bond acceptors (Lipinski definition) is 3. The Hall–Kier alpha value is -3.22. The first-order valence-electron chi connectivity index (χ1n) is 10.7. The number of anilines is 1. The molecule has 0 saturated carbocycles. The number of para-hydroxylation sites is 1. The van der Waals surface area contributed by atoms with Crippen LogP contribution in [0, 0.1) is 17.7 Å². The summed E-state index contributed by atoms with van der Waals surface area (Å²) in [5, 5.41) is 2.99. The molecule has 1 unspecified atom stereocenters. The van der Waals surface area contributed by atoms with Crippen LogP contribution in [0.3, 0.4) is 0 Å². The molecule has 2 aliphatic rings. The van der Waals surface area contributed by atoms with Gasteiger partial charge in [-0.15, -0.1) is 0 Å². The SMILES string of the molecule is O=C(NCC1CCN(C(=O)c2ccccc2F)CC1)C1CC(=O)N(c2ccccc2)C1. The molecule has 0 spiro atoms. The van der Waals surface area contributed by atoms with Gasteiger partial charge in [-0.25, -0.2) is 4.39 Å². The third kappa shape index (κ3) is 4.76. The molecule has 0 radical (unpaired) electrons. The molecule has 162 valence electrons. The summed E-state index contributed by atoms with van der Waals surface area (Å²) in [6, 6.07) is 15.4. The van der Waals surface area contributed by atoms with Crippen molar-refractivity contribution in [2.24, 2.45) is 11.8 Å². The molecule has 2 fully saturated rings. The maximum Gasteiger partial charge on any atom is 0.256 e. The van der Waals surface area contributed by atoms with Gasteiger partial charge in [-0.05, 0) is 43.0 Å². The fraction of sp³-hybridized carbons (Fsp3) is 0.375. The van der Waals surface area contributed by atoms with Gasteiger partial charge in [0.1, 0.15) is 5.82 Å². The van der Waals surface area contributed by atoms with E-state index in [-0.39, 0.29) is 41.5 Å². The average molecular weight is 423 g/mol. The molecule has 2 aromatic rings. The first-order chi connectivity index (χ1) is 15.0. The van der Waals surface area contributed by atoms with E-state index in [4.69, 9.17) is 0 Å². The second-order valence-electron chi connectivity index (χ2n) is 8.20. The second-order valence-corrected chi connectivity index (χ2v) is 8.20. The van der Waals surface area contributed by atoms with Gasteiger partial charge in [0.2, 0.25) is 11.8 Å². The molecular weight excluding hydrogens is 397 g/mol. The number of likely N-dealkylation sites (tertiary alicyclic amines) is 1. The van der Waals surface area contributed by atoms with E-state index < -0.39 is 5.82 Å². The number of hydrogen-bond donors (Lipinski definition) is 1. The number of nitrogens with zero attached hydrogens (tertiary/aromatic N) is 2. The summed E-state index contributed by atoms with van der Waals surface area (Å²) in [5.41, 5.74) is 0.915. The fourth-order valence-corrected chi connectivity index (χ4v) is 4.28. The summed E-state index contributed by atoms with van der Waals surface area (Å²) in [7, 11) is 0. The topological polar surface area (TPSA) is 69.7 Å². The van der Waals surface area contributed by atoms with Crippen molar-refractivity contribution in [1.82, 2.24) is 10.2 Å². The monoisotopic (exact) mass is 423 g/mol. The molecule has 3 amide bonds. The van der Waals surface area contributed by atoms with Gasteiger partial charge in [0, 0.05) is 38.3 Å². The number of carbonyl (C=O) groups excluding carboxylic acids is 3. The van der Waals surface area contributed by atoms with Crippen LogP contribution in [-0.2, 0) is 9.59 Å².